The Kier molecular flexibility index (Phi) is 3.57. The Morgan fingerprint density at radius 2 is 1.94 bits per heavy atom. The van der Waals surface area contributed by atoms with Gasteiger partial charge in [0, 0.05) is 37.4 Å². The van der Waals surface area contributed by atoms with Gasteiger partial charge in [-0.2, -0.15) is 0 Å². The Balaban J connectivity index is 1.31. The van der Waals surface area contributed by atoms with E-state index in [4.69, 9.17) is 17.3 Å². The summed E-state index contributed by atoms with van der Waals surface area (Å²) in [6.07, 6.45) is 2.93. The molecule has 7 atom stereocenters. The van der Waals surface area contributed by atoms with Gasteiger partial charge in [-0.25, -0.2) is 0 Å². The van der Waals surface area contributed by atoms with Crippen LogP contribution in [0.25, 0.3) is 0 Å². The number of ether oxygens (including phenoxy) is 2. The van der Waals surface area contributed by atoms with E-state index in [1.807, 2.05) is 12.1 Å². The highest BCUT2D eigenvalue weighted by Crippen LogP contribution is 2.74. The first kappa shape index (κ1) is 19.0. The molecular weight excluding hydrogens is 413 g/mol. The third kappa shape index (κ3) is 1.99. The van der Waals surface area contributed by atoms with E-state index in [1.54, 1.807) is 0 Å². The highest BCUT2D eigenvalue weighted by atomic mass is 16.6. The summed E-state index contributed by atoms with van der Waals surface area (Å²) in [5, 5.41) is 3.83. The molecule has 5 fully saturated rings. The molecule has 0 aliphatic carbocycles. The third-order valence-electron chi connectivity index (χ3n) is 9.18. The van der Waals surface area contributed by atoms with E-state index >= 15 is 0 Å². The number of anilines is 1. The Morgan fingerprint density at radius 1 is 1.12 bits per heavy atom. The van der Waals surface area contributed by atoms with Crippen LogP contribution in [0.1, 0.15) is 30.4 Å². The summed E-state index contributed by atoms with van der Waals surface area (Å²) in [5.41, 5.74) is 3.26. The van der Waals surface area contributed by atoms with Crippen LogP contribution in [0, 0.1) is 0 Å². The number of piperazine rings is 1. The first-order chi connectivity index (χ1) is 16.2. The number of para-hydroxylation sites is 1. The van der Waals surface area contributed by atoms with Gasteiger partial charge in [-0.05, 0) is 24.5 Å². The largest absolute Gasteiger partial charge is 0.377 e. The van der Waals surface area contributed by atoms with E-state index in [9.17, 15) is 4.79 Å². The molecule has 2 aromatic rings. The van der Waals surface area contributed by atoms with E-state index in [0.717, 1.165) is 36.2 Å². The maximum absolute atomic E-state index is 13.8. The number of hydrogen-bond donors (Lipinski definition) is 1. The molecule has 166 valence electrons. The van der Waals surface area contributed by atoms with Gasteiger partial charge >= 0.3 is 0 Å². The van der Waals surface area contributed by atoms with Crippen molar-refractivity contribution in [3.63, 3.8) is 0 Å². The number of nitrogens with zero attached hydrogens (tertiary/aromatic N) is 2. The van der Waals surface area contributed by atoms with Crippen LogP contribution in [0.2, 0.25) is 0 Å². The fourth-order valence-electron chi connectivity index (χ4n) is 8.18. The fourth-order valence-corrected chi connectivity index (χ4v) is 8.18. The predicted molar refractivity (Wildman–Crippen MR) is 123 cm³/mol. The average Bonchev–Trinajstić information content (AvgIpc) is 3.53. The van der Waals surface area contributed by atoms with Gasteiger partial charge in [0.2, 0.25) is 5.91 Å². The van der Waals surface area contributed by atoms with Gasteiger partial charge in [0.05, 0.1) is 30.3 Å². The average molecular weight is 439 g/mol. The standard InChI is InChI=1S/C26H26BN3O3/c27-18-9-3-1-7-16(18)25-22-12-20-24(31)29(13-15-6-5-11-32-15)14-21(30(20)25)23-26(25,33-22)17-8-2-4-10-19(17)28-23/h1-4,7-10,15,20-23,28H,5-6,11-14H2/t15?,20-,21?,22?,23+,25?,26?/m0/s1. The summed E-state index contributed by atoms with van der Waals surface area (Å²) < 4.78 is 12.8. The number of hydrogen-bond acceptors (Lipinski definition) is 5. The van der Waals surface area contributed by atoms with Crippen LogP contribution in [-0.4, -0.2) is 73.6 Å². The van der Waals surface area contributed by atoms with Crippen molar-refractivity contribution < 1.29 is 14.3 Å². The van der Waals surface area contributed by atoms with E-state index in [1.165, 1.54) is 5.56 Å². The summed E-state index contributed by atoms with van der Waals surface area (Å²) in [5.74, 6) is 0.219. The maximum Gasteiger partial charge on any atom is 0.240 e. The van der Waals surface area contributed by atoms with Gasteiger partial charge < -0.3 is 19.7 Å². The van der Waals surface area contributed by atoms with Crippen molar-refractivity contribution in [2.75, 3.05) is 25.0 Å². The van der Waals surface area contributed by atoms with E-state index < -0.39 is 11.1 Å². The zero-order valence-corrected chi connectivity index (χ0v) is 18.4. The maximum atomic E-state index is 13.8. The van der Waals surface area contributed by atoms with Gasteiger partial charge in [-0.15, -0.1) is 0 Å². The Hall–Kier alpha value is -2.35. The lowest BCUT2D eigenvalue weighted by Gasteiger charge is -2.60. The van der Waals surface area contributed by atoms with Crippen LogP contribution >= 0.6 is 0 Å². The fraction of sp³-hybridized carbons (Fsp3) is 0.500. The third-order valence-corrected chi connectivity index (χ3v) is 9.18. The van der Waals surface area contributed by atoms with Crippen LogP contribution in [0.5, 0.6) is 0 Å². The molecule has 1 N–H and O–H groups in total. The molecular formula is C26H26BN3O3. The molecule has 5 saturated heterocycles. The van der Waals surface area contributed by atoms with Crippen molar-refractivity contribution in [3.05, 3.63) is 59.7 Å². The minimum Gasteiger partial charge on any atom is -0.377 e. The summed E-state index contributed by atoms with van der Waals surface area (Å²) in [6.45, 7) is 2.19. The number of benzene rings is 2. The van der Waals surface area contributed by atoms with Crippen molar-refractivity contribution in [3.8, 4) is 0 Å². The molecule has 7 heteroatoms. The molecule has 8 rings (SSSR count). The number of carbonyl (C=O) groups is 1. The quantitative estimate of drug-likeness (QED) is 0.730. The zero-order chi connectivity index (χ0) is 21.9. The molecule has 1 spiro atoms. The normalized spacial score (nSPS) is 42.0. The molecule has 5 unspecified atom stereocenters. The van der Waals surface area contributed by atoms with E-state index in [-0.39, 0.29) is 36.2 Å². The molecule has 6 nitrogen and oxygen atoms in total. The molecule has 1 amide bonds. The van der Waals surface area contributed by atoms with Crippen LogP contribution in [-0.2, 0) is 25.4 Å². The minimum absolute atomic E-state index is 0.0562. The monoisotopic (exact) mass is 439 g/mol. The van der Waals surface area contributed by atoms with Gasteiger partial charge in [-0.1, -0.05) is 47.9 Å². The van der Waals surface area contributed by atoms with Gasteiger partial charge in [-0.3, -0.25) is 9.69 Å². The molecule has 6 aliphatic heterocycles. The topological polar surface area (TPSA) is 54.0 Å². The van der Waals surface area contributed by atoms with Crippen molar-refractivity contribution in [2.24, 2.45) is 0 Å². The highest BCUT2D eigenvalue weighted by Gasteiger charge is 2.87. The Morgan fingerprint density at radius 3 is 2.76 bits per heavy atom. The number of fused-ring (bicyclic) bond motifs is 2. The second-order valence-electron chi connectivity index (χ2n) is 10.5. The smallest absolute Gasteiger partial charge is 0.240 e. The molecule has 6 aliphatic rings. The van der Waals surface area contributed by atoms with Gasteiger partial charge in [0.25, 0.3) is 0 Å². The van der Waals surface area contributed by atoms with E-state index in [0.29, 0.717) is 19.5 Å². The van der Waals surface area contributed by atoms with Crippen molar-refractivity contribution in [2.45, 2.75) is 60.7 Å². The van der Waals surface area contributed by atoms with Gasteiger partial charge in [0.1, 0.15) is 19.0 Å². The lowest BCUT2D eigenvalue weighted by molar-refractivity contribution is -0.286. The van der Waals surface area contributed by atoms with E-state index in [2.05, 4.69) is 51.5 Å². The van der Waals surface area contributed by atoms with Crippen molar-refractivity contribution in [1.29, 1.82) is 0 Å². The van der Waals surface area contributed by atoms with Gasteiger partial charge in [0.15, 0.2) is 0 Å². The second kappa shape index (κ2) is 6.20. The lowest BCUT2D eigenvalue weighted by atomic mass is 9.61. The molecule has 0 aromatic heterocycles. The Bertz CT molecular complexity index is 1180. The summed E-state index contributed by atoms with van der Waals surface area (Å²) in [6, 6.07) is 16.7. The van der Waals surface area contributed by atoms with Crippen molar-refractivity contribution in [1.82, 2.24) is 9.80 Å². The summed E-state index contributed by atoms with van der Waals surface area (Å²) in [4.78, 5) is 18.4. The molecule has 0 bridgehead atoms. The summed E-state index contributed by atoms with van der Waals surface area (Å²) >= 11 is 0. The lowest BCUT2D eigenvalue weighted by Crippen LogP contribution is -2.71. The SMILES string of the molecule is [B]c1ccccc1C12C3C[C@H]4C(=O)N(CC5CCCO5)CC([C@H]5Nc6ccccc6C51O3)N42. The first-order valence-corrected chi connectivity index (χ1v) is 12.2. The zero-order valence-electron chi connectivity index (χ0n) is 18.4. The number of rotatable bonds is 3. The second-order valence-corrected chi connectivity index (χ2v) is 10.5. The van der Waals surface area contributed by atoms with Crippen LogP contribution in [0.4, 0.5) is 5.69 Å². The summed E-state index contributed by atoms with van der Waals surface area (Å²) in [7, 11) is 6.64. The molecule has 33 heavy (non-hydrogen) atoms. The molecule has 2 radical (unpaired) electrons. The number of nitrogens with one attached hydrogen (secondary N) is 1. The van der Waals surface area contributed by atoms with Crippen molar-refractivity contribution >= 4 is 24.9 Å². The minimum atomic E-state index is -0.538. The molecule has 0 saturated carbocycles. The van der Waals surface area contributed by atoms with Crippen LogP contribution in [0.15, 0.2) is 48.5 Å². The van der Waals surface area contributed by atoms with Crippen LogP contribution in [0.3, 0.4) is 0 Å². The highest BCUT2D eigenvalue weighted by molar-refractivity contribution is 6.33. The Labute approximate surface area is 194 Å². The number of amides is 1. The predicted octanol–water partition coefficient (Wildman–Crippen LogP) is 1.24. The molecule has 6 heterocycles. The molecule has 2 aromatic carbocycles. The first-order valence-electron chi connectivity index (χ1n) is 12.2. The van der Waals surface area contributed by atoms with Crippen LogP contribution < -0.4 is 10.8 Å². The number of carbonyl (C=O) groups excluding carboxylic acids is 1.